The largest absolute Gasteiger partial charge is 0.384 e. The second kappa shape index (κ2) is 8.82. The molecule has 0 aliphatic rings. The second-order valence-corrected chi connectivity index (χ2v) is 7.80. The van der Waals surface area contributed by atoms with Crippen molar-refractivity contribution in [3.63, 3.8) is 0 Å². The number of pyridine rings is 1. The van der Waals surface area contributed by atoms with Crippen LogP contribution in [-0.4, -0.2) is 45.5 Å². The minimum Gasteiger partial charge on any atom is -0.384 e. The van der Waals surface area contributed by atoms with Gasteiger partial charge in [-0.15, -0.1) is 0 Å². The molecule has 0 atom stereocenters. The Kier molecular flexibility index (Phi) is 6.78. The van der Waals surface area contributed by atoms with Crippen LogP contribution >= 0.6 is 0 Å². The fraction of sp³-hybridized carbons (Fsp3) is 0.389. The first-order valence-electron chi connectivity index (χ1n) is 8.37. The Morgan fingerprint density at radius 2 is 1.80 bits per heavy atom. The molecule has 0 saturated heterocycles. The first kappa shape index (κ1) is 19.2. The summed E-state index contributed by atoms with van der Waals surface area (Å²) in [6, 6.07) is 10.3. The number of hydrogen-bond donors (Lipinski definition) is 2. The van der Waals surface area contributed by atoms with E-state index in [1.807, 2.05) is 39.2 Å². The van der Waals surface area contributed by atoms with Crippen molar-refractivity contribution in [1.29, 1.82) is 0 Å². The van der Waals surface area contributed by atoms with Crippen LogP contribution in [0.5, 0.6) is 0 Å². The predicted molar refractivity (Wildman–Crippen MR) is 103 cm³/mol. The lowest BCUT2D eigenvalue weighted by Crippen LogP contribution is -2.16. The maximum absolute atomic E-state index is 12.4. The molecule has 2 rings (SSSR count). The van der Waals surface area contributed by atoms with Gasteiger partial charge in [0.1, 0.15) is 5.82 Å². The number of benzene rings is 1. The Bertz CT molecular complexity index is 757. The van der Waals surface area contributed by atoms with Crippen molar-refractivity contribution in [3.8, 4) is 0 Å². The molecule has 1 heterocycles. The summed E-state index contributed by atoms with van der Waals surface area (Å²) in [5, 5.41) is 3.27. The molecule has 0 unspecified atom stereocenters. The van der Waals surface area contributed by atoms with E-state index in [4.69, 9.17) is 0 Å². The van der Waals surface area contributed by atoms with Crippen molar-refractivity contribution in [1.82, 2.24) is 9.88 Å². The average Bonchev–Trinajstić information content (AvgIpc) is 2.60. The number of aromatic nitrogens is 1. The summed E-state index contributed by atoms with van der Waals surface area (Å²) in [5.74, 6) is 0.304. The molecule has 0 spiro atoms. The zero-order valence-electron chi connectivity index (χ0n) is 15.0. The number of hydrogen-bond acceptors (Lipinski definition) is 5. The van der Waals surface area contributed by atoms with E-state index < -0.39 is 10.0 Å². The molecular formula is C18H26N4O2S. The lowest BCUT2D eigenvalue weighted by Gasteiger charge is -2.11. The molecule has 6 nitrogen and oxygen atoms in total. The van der Waals surface area contributed by atoms with Gasteiger partial charge < -0.3 is 10.2 Å². The van der Waals surface area contributed by atoms with Gasteiger partial charge in [0.2, 0.25) is 0 Å². The summed E-state index contributed by atoms with van der Waals surface area (Å²) in [6.45, 7) is 3.88. The minimum absolute atomic E-state index is 0.234. The van der Waals surface area contributed by atoms with E-state index in [1.165, 1.54) is 0 Å². The van der Waals surface area contributed by atoms with Crippen LogP contribution in [0.25, 0.3) is 0 Å². The van der Waals surface area contributed by atoms with Crippen molar-refractivity contribution >= 4 is 21.5 Å². The van der Waals surface area contributed by atoms with Crippen molar-refractivity contribution in [3.05, 3.63) is 48.2 Å². The van der Waals surface area contributed by atoms with E-state index in [1.54, 1.807) is 24.4 Å². The molecule has 0 aliphatic carbocycles. The quantitative estimate of drug-likeness (QED) is 0.671. The topological polar surface area (TPSA) is 74.3 Å². The molecule has 7 heteroatoms. The first-order chi connectivity index (χ1) is 11.9. The SMILES string of the molecule is CCc1ccc(S(=O)(=O)Nc2ccc(NCCCN(C)C)cn2)cc1. The molecule has 0 saturated carbocycles. The van der Waals surface area contributed by atoms with E-state index in [0.717, 1.165) is 37.2 Å². The zero-order chi connectivity index (χ0) is 18.3. The highest BCUT2D eigenvalue weighted by atomic mass is 32.2. The summed E-state index contributed by atoms with van der Waals surface area (Å²) in [6.07, 6.45) is 3.53. The van der Waals surface area contributed by atoms with Gasteiger partial charge in [-0.05, 0) is 63.3 Å². The Hall–Kier alpha value is -2.12. The molecule has 0 bridgehead atoms. The van der Waals surface area contributed by atoms with Crippen molar-refractivity contribution in [2.75, 3.05) is 37.2 Å². The standard InChI is InChI=1S/C18H26N4O2S/c1-4-15-6-9-17(10-7-15)25(23,24)21-18-11-8-16(14-20-18)19-12-5-13-22(2)3/h6-11,14,19H,4-5,12-13H2,1-3H3,(H,20,21). The maximum atomic E-state index is 12.4. The van der Waals surface area contributed by atoms with Gasteiger partial charge in [-0.2, -0.15) is 0 Å². The Morgan fingerprint density at radius 1 is 1.08 bits per heavy atom. The lowest BCUT2D eigenvalue weighted by atomic mass is 10.2. The van der Waals surface area contributed by atoms with Crippen molar-refractivity contribution in [2.45, 2.75) is 24.7 Å². The first-order valence-corrected chi connectivity index (χ1v) is 9.85. The van der Waals surface area contributed by atoms with Crippen LogP contribution in [-0.2, 0) is 16.4 Å². The smallest absolute Gasteiger partial charge is 0.263 e. The molecule has 2 N–H and O–H groups in total. The highest BCUT2D eigenvalue weighted by Gasteiger charge is 2.14. The highest BCUT2D eigenvalue weighted by Crippen LogP contribution is 2.16. The van der Waals surface area contributed by atoms with Gasteiger partial charge in [-0.1, -0.05) is 19.1 Å². The van der Waals surface area contributed by atoms with Crippen LogP contribution < -0.4 is 10.0 Å². The Balaban J connectivity index is 1.95. The van der Waals surface area contributed by atoms with Crippen LogP contribution in [0.2, 0.25) is 0 Å². The summed E-state index contributed by atoms with van der Waals surface area (Å²) in [7, 11) is 0.460. The van der Waals surface area contributed by atoms with Crippen molar-refractivity contribution in [2.24, 2.45) is 0 Å². The molecule has 25 heavy (non-hydrogen) atoms. The van der Waals surface area contributed by atoms with Crippen LogP contribution in [0.4, 0.5) is 11.5 Å². The Labute approximate surface area is 150 Å². The van der Waals surface area contributed by atoms with Gasteiger partial charge in [0.25, 0.3) is 10.0 Å². The van der Waals surface area contributed by atoms with Gasteiger partial charge in [0, 0.05) is 6.54 Å². The normalized spacial score (nSPS) is 11.5. The molecular weight excluding hydrogens is 336 g/mol. The number of rotatable bonds is 9. The predicted octanol–water partition coefficient (Wildman–Crippen LogP) is 2.81. The van der Waals surface area contributed by atoms with Crippen LogP contribution in [0.15, 0.2) is 47.5 Å². The number of nitrogens with one attached hydrogen (secondary N) is 2. The molecule has 136 valence electrons. The van der Waals surface area contributed by atoms with E-state index in [9.17, 15) is 8.42 Å². The number of sulfonamides is 1. The van der Waals surface area contributed by atoms with Gasteiger partial charge in [0.15, 0.2) is 0 Å². The van der Waals surface area contributed by atoms with Crippen LogP contribution in [0.1, 0.15) is 18.9 Å². The molecule has 0 aliphatic heterocycles. The fourth-order valence-corrected chi connectivity index (χ4v) is 3.30. The van der Waals surface area contributed by atoms with Crippen molar-refractivity contribution < 1.29 is 8.42 Å². The fourth-order valence-electron chi connectivity index (χ4n) is 2.29. The van der Waals surface area contributed by atoms with Crippen LogP contribution in [0, 0.1) is 0 Å². The lowest BCUT2D eigenvalue weighted by molar-refractivity contribution is 0.405. The third kappa shape index (κ3) is 6.03. The summed E-state index contributed by atoms with van der Waals surface area (Å²) >= 11 is 0. The number of nitrogens with zero attached hydrogens (tertiary/aromatic N) is 2. The van der Waals surface area contributed by atoms with E-state index in [2.05, 4.69) is 19.9 Å². The zero-order valence-corrected chi connectivity index (χ0v) is 15.8. The maximum Gasteiger partial charge on any atom is 0.263 e. The third-order valence-corrected chi connectivity index (χ3v) is 5.13. The molecule has 0 amide bonds. The van der Waals surface area contributed by atoms with E-state index in [-0.39, 0.29) is 4.90 Å². The van der Waals surface area contributed by atoms with Crippen LogP contribution in [0.3, 0.4) is 0 Å². The molecule has 2 aromatic rings. The highest BCUT2D eigenvalue weighted by molar-refractivity contribution is 7.92. The molecule has 0 fully saturated rings. The summed E-state index contributed by atoms with van der Waals surface area (Å²) < 4.78 is 27.3. The summed E-state index contributed by atoms with van der Waals surface area (Å²) in [4.78, 5) is 6.54. The molecule has 0 radical (unpaired) electrons. The van der Waals surface area contributed by atoms with Gasteiger partial charge in [-0.25, -0.2) is 13.4 Å². The monoisotopic (exact) mass is 362 g/mol. The number of aryl methyl sites for hydroxylation is 1. The Morgan fingerprint density at radius 3 is 2.36 bits per heavy atom. The van der Waals surface area contributed by atoms with Gasteiger partial charge in [-0.3, -0.25) is 4.72 Å². The van der Waals surface area contributed by atoms with E-state index in [0.29, 0.717) is 5.82 Å². The third-order valence-electron chi connectivity index (χ3n) is 3.76. The van der Waals surface area contributed by atoms with Gasteiger partial charge >= 0.3 is 0 Å². The van der Waals surface area contributed by atoms with E-state index >= 15 is 0 Å². The summed E-state index contributed by atoms with van der Waals surface area (Å²) in [5.41, 5.74) is 1.97. The minimum atomic E-state index is -3.62. The molecule has 1 aromatic heterocycles. The second-order valence-electron chi connectivity index (χ2n) is 6.12. The molecule has 1 aromatic carbocycles. The average molecular weight is 362 g/mol. The number of anilines is 2. The van der Waals surface area contributed by atoms with Gasteiger partial charge in [0.05, 0.1) is 16.8 Å².